The summed E-state index contributed by atoms with van der Waals surface area (Å²) >= 11 is 0. The molecule has 0 aliphatic carbocycles. The van der Waals surface area contributed by atoms with Crippen LogP contribution in [0.25, 0.3) is 0 Å². The van der Waals surface area contributed by atoms with Crippen LogP contribution >= 0.6 is 0 Å². The van der Waals surface area contributed by atoms with E-state index in [1.54, 1.807) is 13.8 Å². The lowest BCUT2D eigenvalue weighted by Crippen LogP contribution is -2.33. The minimum atomic E-state index is -3.89. The van der Waals surface area contributed by atoms with Gasteiger partial charge in [0.05, 0.1) is 4.92 Å². The highest BCUT2D eigenvalue weighted by atomic mass is 32.2. The number of hydrogen-bond donors (Lipinski definition) is 2. The molecular weight excluding hydrogens is 318 g/mol. The molecule has 2 N–H and O–H groups in total. The summed E-state index contributed by atoms with van der Waals surface area (Å²) in [6.45, 7) is 5.66. The van der Waals surface area contributed by atoms with Gasteiger partial charge in [-0.15, -0.1) is 0 Å². The van der Waals surface area contributed by atoms with Crippen LogP contribution in [-0.2, 0) is 10.0 Å². The van der Waals surface area contributed by atoms with Gasteiger partial charge in [0, 0.05) is 12.6 Å². The lowest BCUT2D eigenvalue weighted by atomic mass is 9.96. The van der Waals surface area contributed by atoms with Gasteiger partial charge in [0.1, 0.15) is 0 Å². The number of piperidine rings is 1. The first-order chi connectivity index (χ1) is 10.8. The maximum atomic E-state index is 12.4. The SMILES string of the molecule is Cc1cc([N+](=O)[O-])c(S(=O)(=O)NCCC2CCCNC2)cc1C. The van der Waals surface area contributed by atoms with E-state index in [4.69, 9.17) is 0 Å². The van der Waals surface area contributed by atoms with E-state index in [0.717, 1.165) is 32.4 Å². The molecule has 128 valence electrons. The Bertz CT molecular complexity index is 682. The summed E-state index contributed by atoms with van der Waals surface area (Å²) in [4.78, 5) is 10.3. The van der Waals surface area contributed by atoms with Crippen molar-refractivity contribution in [2.24, 2.45) is 5.92 Å². The van der Waals surface area contributed by atoms with E-state index in [1.165, 1.54) is 12.1 Å². The molecule has 1 aliphatic heterocycles. The summed E-state index contributed by atoms with van der Waals surface area (Å²) in [7, 11) is -3.89. The van der Waals surface area contributed by atoms with Crippen LogP contribution in [0.1, 0.15) is 30.4 Å². The minimum Gasteiger partial charge on any atom is -0.316 e. The van der Waals surface area contributed by atoms with Crippen LogP contribution in [0.5, 0.6) is 0 Å². The summed E-state index contributed by atoms with van der Waals surface area (Å²) in [6, 6.07) is 2.69. The van der Waals surface area contributed by atoms with Crippen LogP contribution in [0.3, 0.4) is 0 Å². The molecule has 1 aliphatic rings. The summed E-state index contributed by atoms with van der Waals surface area (Å²) in [6.07, 6.45) is 2.91. The lowest BCUT2D eigenvalue weighted by molar-refractivity contribution is -0.387. The Morgan fingerprint density at radius 3 is 2.65 bits per heavy atom. The second-order valence-corrected chi connectivity index (χ2v) is 7.80. The summed E-state index contributed by atoms with van der Waals surface area (Å²) in [5, 5.41) is 14.4. The van der Waals surface area contributed by atoms with Gasteiger partial charge in [-0.3, -0.25) is 10.1 Å². The standard InChI is InChI=1S/C15H23N3O4S/c1-11-8-14(18(19)20)15(9-12(11)2)23(21,22)17-7-5-13-4-3-6-16-10-13/h8-9,13,16-17H,3-7,10H2,1-2H3. The summed E-state index contributed by atoms with van der Waals surface area (Å²) in [5.74, 6) is 0.446. The van der Waals surface area contributed by atoms with Crippen molar-refractivity contribution >= 4 is 15.7 Å². The van der Waals surface area contributed by atoms with E-state index >= 15 is 0 Å². The van der Waals surface area contributed by atoms with Crippen LogP contribution in [0.15, 0.2) is 17.0 Å². The van der Waals surface area contributed by atoms with E-state index in [1.807, 2.05) is 0 Å². The third kappa shape index (κ3) is 4.49. The van der Waals surface area contributed by atoms with Crippen LogP contribution in [0, 0.1) is 29.9 Å². The van der Waals surface area contributed by atoms with Gasteiger partial charge < -0.3 is 5.32 Å². The van der Waals surface area contributed by atoms with Gasteiger partial charge in [0.15, 0.2) is 4.90 Å². The van der Waals surface area contributed by atoms with Crippen molar-refractivity contribution in [1.82, 2.24) is 10.0 Å². The fourth-order valence-electron chi connectivity index (χ4n) is 2.78. The molecule has 23 heavy (non-hydrogen) atoms. The summed E-state index contributed by atoms with van der Waals surface area (Å²) < 4.78 is 27.4. The topological polar surface area (TPSA) is 101 Å². The predicted molar refractivity (Wildman–Crippen MR) is 88.0 cm³/mol. The van der Waals surface area contributed by atoms with Crippen molar-refractivity contribution in [1.29, 1.82) is 0 Å². The highest BCUT2D eigenvalue weighted by Gasteiger charge is 2.26. The lowest BCUT2D eigenvalue weighted by Gasteiger charge is -2.22. The predicted octanol–water partition coefficient (Wildman–Crippen LogP) is 1.88. The largest absolute Gasteiger partial charge is 0.316 e. The molecule has 0 bridgehead atoms. The zero-order valence-electron chi connectivity index (χ0n) is 13.5. The molecule has 0 spiro atoms. The first kappa shape index (κ1) is 17.8. The summed E-state index contributed by atoms with van der Waals surface area (Å²) in [5.41, 5.74) is 1.04. The number of rotatable bonds is 6. The maximum Gasteiger partial charge on any atom is 0.289 e. The number of benzene rings is 1. The zero-order chi connectivity index (χ0) is 17.0. The normalized spacial score (nSPS) is 18.8. The smallest absolute Gasteiger partial charge is 0.289 e. The number of aryl methyl sites for hydroxylation is 2. The Morgan fingerprint density at radius 1 is 1.35 bits per heavy atom. The quantitative estimate of drug-likeness (QED) is 0.608. The zero-order valence-corrected chi connectivity index (χ0v) is 14.3. The molecule has 1 aromatic rings. The molecule has 1 saturated heterocycles. The molecule has 1 unspecified atom stereocenters. The number of hydrogen-bond acceptors (Lipinski definition) is 5. The van der Waals surface area contributed by atoms with Crippen LogP contribution in [0.2, 0.25) is 0 Å². The Balaban J connectivity index is 2.12. The number of nitrogens with zero attached hydrogens (tertiary/aromatic N) is 1. The van der Waals surface area contributed by atoms with Gasteiger partial charge in [-0.1, -0.05) is 0 Å². The van der Waals surface area contributed by atoms with Crippen molar-refractivity contribution in [2.45, 2.75) is 38.0 Å². The fraction of sp³-hybridized carbons (Fsp3) is 0.600. The van der Waals surface area contributed by atoms with Crippen LogP contribution in [-0.4, -0.2) is 33.0 Å². The van der Waals surface area contributed by atoms with Crippen molar-refractivity contribution < 1.29 is 13.3 Å². The van der Waals surface area contributed by atoms with Crippen molar-refractivity contribution in [2.75, 3.05) is 19.6 Å². The van der Waals surface area contributed by atoms with Gasteiger partial charge >= 0.3 is 0 Å². The first-order valence-corrected chi connectivity index (χ1v) is 9.25. The highest BCUT2D eigenvalue weighted by molar-refractivity contribution is 7.89. The molecule has 0 radical (unpaired) electrons. The molecule has 1 atom stereocenters. The first-order valence-electron chi connectivity index (χ1n) is 7.77. The molecule has 7 nitrogen and oxygen atoms in total. The molecule has 8 heteroatoms. The molecule has 0 aromatic heterocycles. The van der Waals surface area contributed by atoms with Gasteiger partial charge in [-0.2, -0.15) is 0 Å². The van der Waals surface area contributed by atoms with Gasteiger partial charge in [-0.25, -0.2) is 13.1 Å². The van der Waals surface area contributed by atoms with Crippen molar-refractivity contribution in [3.05, 3.63) is 33.4 Å². The van der Waals surface area contributed by atoms with E-state index in [-0.39, 0.29) is 10.6 Å². The third-order valence-electron chi connectivity index (χ3n) is 4.31. The van der Waals surface area contributed by atoms with Crippen LogP contribution < -0.4 is 10.0 Å². The Labute approximate surface area is 136 Å². The third-order valence-corrected chi connectivity index (χ3v) is 5.80. The molecule has 0 amide bonds. The van der Waals surface area contributed by atoms with Crippen molar-refractivity contribution in [3.8, 4) is 0 Å². The van der Waals surface area contributed by atoms with Crippen LogP contribution in [0.4, 0.5) is 5.69 Å². The molecule has 1 aromatic carbocycles. The average Bonchev–Trinajstić information content (AvgIpc) is 2.50. The second kappa shape index (κ2) is 7.37. The van der Waals surface area contributed by atoms with E-state index in [2.05, 4.69) is 10.0 Å². The number of sulfonamides is 1. The van der Waals surface area contributed by atoms with Crippen molar-refractivity contribution in [3.63, 3.8) is 0 Å². The molecule has 2 rings (SSSR count). The number of nitro benzene ring substituents is 1. The maximum absolute atomic E-state index is 12.4. The molecule has 1 heterocycles. The Hall–Kier alpha value is -1.51. The Kier molecular flexibility index (Phi) is 5.72. The molecule has 0 saturated carbocycles. The van der Waals surface area contributed by atoms with E-state index < -0.39 is 14.9 Å². The van der Waals surface area contributed by atoms with Gasteiger partial charge in [0.2, 0.25) is 10.0 Å². The van der Waals surface area contributed by atoms with E-state index in [0.29, 0.717) is 23.6 Å². The van der Waals surface area contributed by atoms with E-state index in [9.17, 15) is 18.5 Å². The molecule has 1 fully saturated rings. The highest BCUT2D eigenvalue weighted by Crippen LogP contribution is 2.27. The minimum absolute atomic E-state index is 0.257. The monoisotopic (exact) mass is 341 g/mol. The Morgan fingerprint density at radius 2 is 2.04 bits per heavy atom. The van der Waals surface area contributed by atoms with Gasteiger partial charge in [0.25, 0.3) is 5.69 Å². The fourth-order valence-corrected chi connectivity index (χ4v) is 4.06. The van der Waals surface area contributed by atoms with Gasteiger partial charge in [-0.05, 0) is 69.3 Å². The average molecular weight is 341 g/mol. The number of nitro groups is 1. The molecular formula is C15H23N3O4S. The number of nitrogens with one attached hydrogen (secondary N) is 2. The second-order valence-electron chi connectivity index (χ2n) is 6.06.